The molecule has 0 spiro atoms. The maximum Gasteiger partial charge on any atom is 0.412 e. The van der Waals surface area contributed by atoms with E-state index in [0.717, 1.165) is 31.4 Å². The van der Waals surface area contributed by atoms with Crippen LogP contribution in [0.3, 0.4) is 0 Å². The molecule has 5 atom stereocenters. The van der Waals surface area contributed by atoms with Crippen molar-refractivity contribution in [2.45, 2.75) is 63.7 Å². The van der Waals surface area contributed by atoms with E-state index in [9.17, 15) is 31.4 Å². The van der Waals surface area contributed by atoms with Gasteiger partial charge in [0.05, 0.1) is 5.92 Å². The van der Waals surface area contributed by atoms with E-state index < -0.39 is 36.5 Å². The van der Waals surface area contributed by atoms with Gasteiger partial charge in [0, 0.05) is 24.1 Å². The second-order valence-electron chi connectivity index (χ2n) is 7.53. The number of aliphatic hydroxyl groups excluding tert-OH is 1. The number of nitrogens with two attached hydrogens (primary N) is 1. The first kappa shape index (κ1) is 22.2. The van der Waals surface area contributed by atoms with Crippen molar-refractivity contribution in [3.63, 3.8) is 0 Å². The summed E-state index contributed by atoms with van der Waals surface area (Å²) in [5.74, 6) is -2.15. The summed E-state index contributed by atoms with van der Waals surface area (Å²) >= 11 is 0. The molecule has 3 nitrogen and oxygen atoms in total. The van der Waals surface area contributed by atoms with Gasteiger partial charge in [-0.3, -0.25) is 5.32 Å². The number of halogens is 6. The minimum atomic E-state index is -4.81. The van der Waals surface area contributed by atoms with Gasteiger partial charge >= 0.3 is 12.4 Å². The number of aliphatic hydroxyl groups is 1. The van der Waals surface area contributed by atoms with Gasteiger partial charge < -0.3 is 10.8 Å². The lowest BCUT2D eigenvalue weighted by Crippen LogP contribution is -2.39. The molecule has 4 N–H and O–H groups in total. The average molecular weight is 400 g/mol. The van der Waals surface area contributed by atoms with E-state index in [4.69, 9.17) is 5.73 Å². The molecule has 0 aliphatic heterocycles. The Labute approximate surface area is 154 Å². The Morgan fingerprint density at radius 1 is 1.22 bits per heavy atom. The summed E-state index contributed by atoms with van der Waals surface area (Å²) in [5.41, 5.74) is 4.62. The highest BCUT2D eigenvalue weighted by atomic mass is 19.4. The quantitative estimate of drug-likeness (QED) is 0.466. The fourth-order valence-corrected chi connectivity index (χ4v) is 4.07. The van der Waals surface area contributed by atoms with E-state index in [1.807, 2.05) is 6.92 Å². The zero-order chi connectivity index (χ0) is 20.4. The van der Waals surface area contributed by atoms with Crippen LogP contribution in [0.1, 0.15) is 39.0 Å². The predicted octanol–water partition coefficient (Wildman–Crippen LogP) is 4.05. The molecule has 27 heavy (non-hydrogen) atoms. The van der Waals surface area contributed by atoms with Crippen LogP contribution in [0.4, 0.5) is 26.3 Å². The first-order chi connectivity index (χ1) is 12.4. The standard InChI is InChI=1S/C18H26F6N2O/c1-2-3-11-6-14(25)8-15(11)16(27)26-9-10-4-12(17(19,20)21)7-13(5-10)18(22,23)24/h4-5,11-12,14-16,26-27H,2-3,6-9,25H2,1H3/t11?,12?,14-,15-,16?/m1/s1. The molecule has 2 rings (SSSR count). The van der Waals surface area contributed by atoms with E-state index in [1.54, 1.807) is 0 Å². The summed E-state index contributed by atoms with van der Waals surface area (Å²) in [7, 11) is 0. The third kappa shape index (κ3) is 5.96. The van der Waals surface area contributed by atoms with Crippen LogP contribution in [0.15, 0.2) is 23.3 Å². The second-order valence-corrected chi connectivity index (χ2v) is 7.53. The highest BCUT2D eigenvalue weighted by molar-refractivity contribution is 5.33. The van der Waals surface area contributed by atoms with Crippen LogP contribution in [0.2, 0.25) is 0 Å². The zero-order valence-electron chi connectivity index (χ0n) is 15.1. The molecule has 0 heterocycles. The number of alkyl halides is 6. The van der Waals surface area contributed by atoms with E-state index >= 15 is 0 Å². The Morgan fingerprint density at radius 2 is 1.89 bits per heavy atom. The summed E-state index contributed by atoms with van der Waals surface area (Å²) in [5, 5.41) is 13.1. The van der Waals surface area contributed by atoms with Crippen molar-refractivity contribution in [3.05, 3.63) is 23.3 Å². The molecule has 0 saturated heterocycles. The van der Waals surface area contributed by atoms with Crippen molar-refractivity contribution >= 4 is 0 Å². The largest absolute Gasteiger partial charge is 0.412 e. The van der Waals surface area contributed by atoms with Crippen molar-refractivity contribution in [1.82, 2.24) is 5.32 Å². The fraction of sp³-hybridized carbons (Fsp3) is 0.778. The van der Waals surface area contributed by atoms with Gasteiger partial charge in [-0.15, -0.1) is 0 Å². The molecular formula is C18H26F6N2O. The molecule has 3 unspecified atom stereocenters. The molecule has 0 aromatic carbocycles. The van der Waals surface area contributed by atoms with E-state index in [-0.39, 0.29) is 30.0 Å². The molecule has 2 aliphatic rings. The van der Waals surface area contributed by atoms with Crippen LogP contribution in [0.5, 0.6) is 0 Å². The minimum Gasteiger partial charge on any atom is -0.378 e. The van der Waals surface area contributed by atoms with Gasteiger partial charge in [0.25, 0.3) is 0 Å². The van der Waals surface area contributed by atoms with Crippen molar-refractivity contribution in [3.8, 4) is 0 Å². The molecule has 0 aromatic heterocycles. The fourth-order valence-electron chi connectivity index (χ4n) is 4.07. The smallest absolute Gasteiger partial charge is 0.378 e. The number of hydrogen-bond donors (Lipinski definition) is 3. The first-order valence-corrected chi connectivity index (χ1v) is 9.14. The molecule has 1 saturated carbocycles. The maximum absolute atomic E-state index is 13.0. The van der Waals surface area contributed by atoms with Crippen molar-refractivity contribution in [1.29, 1.82) is 0 Å². The average Bonchev–Trinajstić information content (AvgIpc) is 2.92. The lowest BCUT2D eigenvalue weighted by Gasteiger charge is -2.28. The third-order valence-electron chi connectivity index (χ3n) is 5.37. The number of nitrogens with one attached hydrogen (secondary N) is 1. The van der Waals surface area contributed by atoms with E-state index in [1.165, 1.54) is 0 Å². The Morgan fingerprint density at radius 3 is 2.44 bits per heavy atom. The van der Waals surface area contributed by atoms with E-state index in [0.29, 0.717) is 6.42 Å². The minimum absolute atomic E-state index is 0.0526. The Hall–Kier alpha value is -1.06. The summed E-state index contributed by atoms with van der Waals surface area (Å²) in [6.07, 6.45) is -7.04. The van der Waals surface area contributed by atoms with Gasteiger partial charge in [-0.05, 0) is 36.8 Å². The lowest BCUT2D eigenvalue weighted by molar-refractivity contribution is -0.166. The van der Waals surface area contributed by atoms with Crippen LogP contribution < -0.4 is 11.1 Å². The molecule has 0 amide bonds. The number of hydrogen-bond acceptors (Lipinski definition) is 3. The van der Waals surface area contributed by atoms with Crippen LogP contribution >= 0.6 is 0 Å². The predicted molar refractivity (Wildman–Crippen MR) is 89.5 cm³/mol. The number of allylic oxidation sites excluding steroid dienone is 2. The van der Waals surface area contributed by atoms with Gasteiger partial charge in [0.1, 0.15) is 6.23 Å². The van der Waals surface area contributed by atoms with E-state index in [2.05, 4.69) is 5.32 Å². The highest BCUT2D eigenvalue weighted by Crippen LogP contribution is 2.41. The van der Waals surface area contributed by atoms with Crippen molar-refractivity contribution in [2.24, 2.45) is 23.5 Å². The summed E-state index contributed by atoms with van der Waals surface area (Å²) in [6.45, 7) is 1.74. The van der Waals surface area contributed by atoms with Gasteiger partial charge in [-0.2, -0.15) is 26.3 Å². The van der Waals surface area contributed by atoms with Gasteiger partial charge in [0.2, 0.25) is 0 Å². The maximum atomic E-state index is 13.0. The molecular weight excluding hydrogens is 374 g/mol. The Bertz CT molecular complexity index is 569. The van der Waals surface area contributed by atoms with Crippen LogP contribution in [0.25, 0.3) is 0 Å². The van der Waals surface area contributed by atoms with Crippen molar-refractivity contribution in [2.75, 3.05) is 6.54 Å². The normalized spacial score (nSPS) is 30.9. The van der Waals surface area contributed by atoms with Gasteiger partial charge in [0.15, 0.2) is 0 Å². The number of rotatable bonds is 6. The molecule has 0 radical (unpaired) electrons. The Kier molecular flexibility index (Phi) is 7.02. The highest BCUT2D eigenvalue weighted by Gasteiger charge is 2.45. The molecule has 0 aromatic rings. The SMILES string of the molecule is CCCC1C[C@@H](N)C[C@H]1C(O)NCC1=CC(C(F)(F)F)CC(C(F)(F)F)=C1. The molecule has 1 fully saturated rings. The third-order valence-corrected chi connectivity index (χ3v) is 5.37. The van der Waals surface area contributed by atoms with Crippen LogP contribution in [-0.2, 0) is 0 Å². The topological polar surface area (TPSA) is 58.3 Å². The lowest BCUT2D eigenvalue weighted by atomic mass is 9.88. The molecule has 156 valence electrons. The summed E-state index contributed by atoms with van der Waals surface area (Å²) in [4.78, 5) is 0. The monoisotopic (exact) mass is 400 g/mol. The van der Waals surface area contributed by atoms with Crippen molar-refractivity contribution < 1.29 is 31.4 Å². The molecule has 2 aliphatic carbocycles. The Balaban J connectivity index is 2.07. The second kappa shape index (κ2) is 8.53. The van der Waals surface area contributed by atoms with Crippen LogP contribution in [-0.4, -0.2) is 36.3 Å². The van der Waals surface area contributed by atoms with Crippen LogP contribution in [0, 0.1) is 17.8 Å². The summed E-state index contributed by atoms with van der Waals surface area (Å²) < 4.78 is 77.8. The van der Waals surface area contributed by atoms with Gasteiger partial charge in [-0.1, -0.05) is 25.8 Å². The van der Waals surface area contributed by atoms with Gasteiger partial charge in [-0.25, -0.2) is 0 Å². The molecule has 9 heteroatoms. The zero-order valence-corrected chi connectivity index (χ0v) is 15.1. The summed E-state index contributed by atoms with van der Waals surface area (Å²) in [6, 6.07) is -0.0526. The first-order valence-electron chi connectivity index (χ1n) is 9.14. The molecule has 0 bridgehead atoms.